The van der Waals surface area contributed by atoms with Gasteiger partial charge in [0.25, 0.3) is 0 Å². The fourth-order valence-electron chi connectivity index (χ4n) is 2.47. The lowest BCUT2D eigenvalue weighted by molar-refractivity contribution is 0.443. The van der Waals surface area contributed by atoms with Gasteiger partial charge < -0.3 is 11.1 Å². The molecule has 1 fully saturated rings. The van der Waals surface area contributed by atoms with Crippen molar-refractivity contribution < 1.29 is 0 Å². The summed E-state index contributed by atoms with van der Waals surface area (Å²) in [6.45, 7) is 4.98. The number of anilines is 1. The molecule has 0 aromatic heterocycles. The molecule has 18 heavy (non-hydrogen) atoms. The lowest BCUT2D eigenvalue weighted by Crippen LogP contribution is -2.48. The Hall–Kier alpha value is -0.190. The van der Waals surface area contributed by atoms with Gasteiger partial charge in [0.15, 0.2) is 0 Å². The molecule has 100 valence electrons. The number of benzene rings is 1. The third-order valence-electron chi connectivity index (χ3n) is 3.69. The third-order valence-corrected chi connectivity index (χ3v) is 5.92. The number of nitrogens with one attached hydrogen (secondary N) is 1. The van der Waals surface area contributed by atoms with Crippen LogP contribution in [0.5, 0.6) is 0 Å². The van der Waals surface area contributed by atoms with Crippen LogP contribution in [0.2, 0.25) is 0 Å². The molecule has 4 heteroatoms. The van der Waals surface area contributed by atoms with Crippen molar-refractivity contribution in [2.45, 2.75) is 32.2 Å². The predicted octanol–water partition coefficient (Wildman–Crippen LogP) is 3.70. The summed E-state index contributed by atoms with van der Waals surface area (Å²) in [4.78, 5) is 0. The number of hydrogen-bond acceptors (Lipinski definition) is 3. The Kier molecular flexibility index (Phi) is 4.62. The van der Waals surface area contributed by atoms with Crippen LogP contribution in [-0.4, -0.2) is 23.6 Å². The molecule has 1 saturated heterocycles. The summed E-state index contributed by atoms with van der Waals surface area (Å²) >= 11 is 5.64. The number of hydrogen-bond donors (Lipinski definition) is 2. The van der Waals surface area contributed by atoms with Gasteiger partial charge in [-0.25, -0.2) is 0 Å². The Labute approximate surface area is 122 Å². The van der Waals surface area contributed by atoms with E-state index >= 15 is 0 Å². The third kappa shape index (κ3) is 3.03. The lowest BCUT2D eigenvalue weighted by Gasteiger charge is -2.38. The Morgan fingerprint density at radius 1 is 1.28 bits per heavy atom. The molecule has 0 radical (unpaired) electrons. The summed E-state index contributed by atoms with van der Waals surface area (Å²) in [7, 11) is 0. The van der Waals surface area contributed by atoms with Crippen molar-refractivity contribution >= 4 is 33.4 Å². The first-order chi connectivity index (χ1) is 8.56. The highest BCUT2D eigenvalue weighted by Crippen LogP contribution is 2.32. The molecule has 0 atom stereocenters. The summed E-state index contributed by atoms with van der Waals surface area (Å²) in [5.41, 5.74) is 9.85. The predicted molar refractivity (Wildman–Crippen MR) is 85.6 cm³/mol. The van der Waals surface area contributed by atoms with E-state index in [1.165, 1.54) is 32.8 Å². The van der Waals surface area contributed by atoms with Crippen LogP contribution in [0.1, 0.15) is 24.0 Å². The van der Waals surface area contributed by atoms with E-state index in [1.807, 2.05) is 11.8 Å². The van der Waals surface area contributed by atoms with Gasteiger partial charge in [0, 0.05) is 16.7 Å². The highest BCUT2D eigenvalue weighted by molar-refractivity contribution is 9.10. The maximum atomic E-state index is 6.01. The second-order valence-corrected chi connectivity index (χ2v) is 7.16. The molecular formula is C14H21BrN2S. The number of nitrogens with two attached hydrogens (primary N) is 1. The van der Waals surface area contributed by atoms with Crippen LogP contribution < -0.4 is 11.1 Å². The molecule has 0 amide bonds. The average Bonchev–Trinajstić information content (AvgIpc) is 2.37. The molecule has 1 aliphatic rings. The highest BCUT2D eigenvalue weighted by atomic mass is 79.9. The van der Waals surface area contributed by atoms with Gasteiger partial charge in [-0.2, -0.15) is 11.8 Å². The van der Waals surface area contributed by atoms with Crippen molar-refractivity contribution in [3.63, 3.8) is 0 Å². The first kappa shape index (κ1) is 14.2. The fourth-order valence-corrected chi connectivity index (χ4v) is 3.97. The SMILES string of the molecule is Cc1cc(NC2(CN)CCSCC2)cc(C)c1Br. The van der Waals surface area contributed by atoms with E-state index in [0.717, 1.165) is 12.8 Å². The summed E-state index contributed by atoms with van der Waals surface area (Å²) < 4.78 is 1.20. The van der Waals surface area contributed by atoms with E-state index < -0.39 is 0 Å². The molecule has 0 unspecified atom stereocenters. The minimum atomic E-state index is 0.0952. The van der Waals surface area contributed by atoms with E-state index in [4.69, 9.17) is 5.73 Å². The van der Waals surface area contributed by atoms with Crippen LogP contribution in [0.4, 0.5) is 5.69 Å². The number of halogens is 1. The maximum absolute atomic E-state index is 6.01. The number of thioether (sulfide) groups is 1. The van der Waals surface area contributed by atoms with Crippen LogP contribution in [0.25, 0.3) is 0 Å². The normalized spacial score (nSPS) is 18.7. The average molecular weight is 329 g/mol. The van der Waals surface area contributed by atoms with Crippen molar-refractivity contribution in [3.05, 3.63) is 27.7 Å². The zero-order valence-corrected chi connectivity index (χ0v) is 13.5. The van der Waals surface area contributed by atoms with Crippen LogP contribution in [0.15, 0.2) is 16.6 Å². The first-order valence-corrected chi connectivity index (χ1v) is 8.34. The Morgan fingerprint density at radius 2 is 1.83 bits per heavy atom. The second-order valence-electron chi connectivity index (χ2n) is 5.15. The Morgan fingerprint density at radius 3 is 2.33 bits per heavy atom. The summed E-state index contributed by atoms with van der Waals surface area (Å²) in [6, 6.07) is 4.41. The van der Waals surface area contributed by atoms with Gasteiger partial charge in [0.1, 0.15) is 0 Å². The smallest absolute Gasteiger partial charge is 0.0511 e. The lowest BCUT2D eigenvalue weighted by atomic mass is 9.91. The first-order valence-electron chi connectivity index (χ1n) is 6.39. The zero-order valence-electron chi connectivity index (χ0n) is 11.1. The van der Waals surface area contributed by atoms with E-state index in [0.29, 0.717) is 6.54 Å². The molecule has 2 rings (SSSR count). The van der Waals surface area contributed by atoms with Crippen LogP contribution in [0.3, 0.4) is 0 Å². The molecular weight excluding hydrogens is 308 g/mol. The van der Waals surface area contributed by atoms with Crippen molar-refractivity contribution in [3.8, 4) is 0 Å². The molecule has 0 saturated carbocycles. The van der Waals surface area contributed by atoms with Gasteiger partial charge in [-0.05, 0) is 61.5 Å². The molecule has 1 aromatic carbocycles. The molecule has 1 aromatic rings. The quantitative estimate of drug-likeness (QED) is 0.888. The van der Waals surface area contributed by atoms with Crippen LogP contribution in [0, 0.1) is 13.8 Å². The monoisotopic (exact) mass is 328 g/mol. The number of aryl methyl sites for hydroxylation is 2. The Balaban J connectivity index is 2.21. The van der Waals surface area contributed by atoms with E-state index in [-0.39, 0.29) is 5.54 Å². The number of rotatable bonds is 3. The summed E-state index contributed by atoms with van der Waals surface area (Å²) in [5, 5.41) is 3.69. The summed E-state index contributed by atoms with van der Waals surface area (Å²) in [6.07, 6.45) is 2.31. The van der Waals surface area contributed by atoms with Gasteiger partial charge in [-0.1, -0.05) is 15.9 Å². The van der Waals surface area contributed by atoms with E-state index in [1.54, 1.807) is 0 Å². The molecule has 2 nitrogen and oxygen atoms in total. The molecule has 0 aliphatic carbocycles. The van der Waals surface area contributed by atoms with Gasteiger partial charge in [-0.3, -0.25) is 0 Å². The van der Waals surface area contributed by atoms with Gasteiger partial charge in [0.2, 0.25) is 0 Å². The fraction of sp³-hybridized carbons (Fsp3) is 0.571. The zero-order chi connectivity index (χ0) is 13.2. The summed E-state index contributed by atoms with van der Waals surface area (Å²) in [5.74, 6) is 2.41. The van der Waals surface area contributed by atoms with E-state index in [2.05, 4.69) is 47.2 Å². The maximum Gasteiger partial charge on any atom is 0.0511 e. The topological polar surface area (TPSA) is 38.0 Å². The van der Waals surface area contributed by atoms with Crippen molar-refractivity contribution in [1.82, 2.24) is 0 Å². The molecule has 0 spiro atoms. The second kappa shape index (κ2) is 5.85. The minimum absolute atomic E-state index is 0.0952. The van der Waals surface area contributed by atoms with Gasteiger partial charge >= 0.3 is 0 Å². The van der Waals surface area contributed by atoms with Crippen LogP contribution in [-0.2, 0) is 0 Å². The molecule has 1 aliphatic heterocycles. The standard InChI is InChI=1S/C14H21BrN2S/c1-10-7-12(8-11(2)13(10)15)17-14(9-16)3-5-18-6-4-14/h7-8,17H,3-6,9,16H2,1-2H3. The van der Waals surface area contributed by atoms with E-state index in [9.17, 15) is 0 Å². The Bertz CT molecular complexity index is 405. The van der Waals surface area contributed by atoms with Crippen molar-refractivity contribution in [2.75, 3.05) is 23.4 Å². The van der Waals surface area contributed by atoms with Gasteiger partial charge in [0.05, 0.1) is 5.54 Å². The van der Waals surface area contributed by atoms with Gasteiger partial charge in [-0.15, -0.1) is 0 Å². The molecule has 1 heterocycles. The minimum Gasteiger partial charge on any atom is -0.378 e. The largest absolute Gasteiger partial charge is 0.378 e. The molecule has 3 N–H and O–H groups in total. The van der Waals surface area contributed by atoms with Crippen LogP contribution >= 0.6 is 27.7 Å². The van der Waals surface area contributed by atoms with Crippen molar-refractivity contribution in [2.24, 2.45) is 5.73 Å². The molecule has 0 bridgehead atoms. The van der Waals surface area contributed by atoms with Crippen molar-refractivity contribution in [1.29, 1.82) is 0 Å². The highest BCUT2D eigenvalue weighted by Gasteiger charge is 2.30.